The summed E-state index contributed by atoms with van der Waals surface area (Å²) in [5.41, 5.74) is 2.12. The second-order valence-corrected chi connectivity index (χ2v) is 7.27. The molecule has 1 N–H and O–H groups in total. The number of hydrogen-bond donors (Lipinski definition) is 1. The number of carbonyl (C=O) groups excluding carboxylic acids is 1. The van der Waals surface area contributed by atoms with E-state index in [0.717, 1.165) is 16.5 Å². The average molecular weight is 389 g/mol. The van der Waals surface area contributed by atoms with Gasteiger partial charge in [0.1, 0.15) is 0 Å². The summed E-state index contributed by atoms with van der Waals surface area (Å²) >= 11 is 3.48. The maximum Gasteiger partial charge on any atom is 0.224 e. The van der Waals surface area contributed by atoms with Gasteiger partial charge in [-0.2, -0.15) is 0 Å². The van der Waals surface area contributed by atoms with E-state index in [9.17, 15) is 4.79 Å². The fourth-order valence-electron chi connectivity index (χ4n) is 2.79. The highest BCUT2D eigenvalue weighted by atomic mass is 79.9. The Hall–Kier alpha value is -1.88. The molecule has 2 aromatic rings. The molecule has 24 heavy (non-hydrogen) atoms. The van der Waals surface area contributed by atoms with Gasteiger partial charge in [-0.05, 0) is 49.9 Å². The van der Waals surface area contributed by atoms with Gasteiger partial charge in [-0.1, -0.05) is 34.1 Å². The molecule has 1 aromatic carbocycles. The van der Waals surface area contributed by atoms with Gasteiger partial charge in [-0.15, -0.1) is 0 Å². The van der Waals surface area contributed by atoms with Crippen molar-refractivity contribution in [3.8, 4) is 5.88 Å². The Morgan fingerprint density at radius 1 is 1.38 bits per heavy atom. The minimum atomic E-state index is 0.0543. The molecule has 5 heteroatoms. The fraction of sp³-hybridized carbons (Fsp3) is 0.368. The number of hydrogen-bond acceptors (Lipinski definition) is 3. The number of pyridine rings is 1. The smallest absolute Gasteiger partial charge is 0.224 e. The van der Waals surface area contributed by atoms with Crippen LogP contribution in [-0.4, -0.2) is 17.0 Å². The minimum absolute atomic E-state index is 0.0543. The Morgan fingerprint density at radius 3 is 2.96 bits per heavy atom. The molecule has 0 saturated heterocycles. The zero-order valence-electron chi connectivity index (χ0n) is 13.8. The van der Waals surface area contributed by atoms with Gasteiger partial charge in [0.05, 0.1) is 6.10 Å². The Bertz CT molecular complexity index is 733. The van der Waals surface area contributed by atoms with Crippen molar-refractivity contribution in [3.05, 3.63) is 58.2 Å². The summed E-state index contributed by atoms with van der Waals surface area (Å²) in [7, 11) is 0. The summed E-state index contributed by atoms with van der Waals surface area (Å²) in [6.45, 7) is 4.37. The summed E-state index contributed by atoms with van der Waals surface area (Å²) < 4.78 is 6.74. The lowest BCUT2D eigenvalue weighted by molar-refractivity contribution is -0.122. The van der Waals surface area contributed by atoms with E-state index in [1.165, 1.54) is 5.56 Å². The first-order chi connectivity index (χ1) is 11.5. The van der Waals surface area contributed by atoms with Crippen LogP contribution in [0.3, 0.4) is 0 Å². The zero-order chi connectivity index (χ0) is 17.1. The van der Waals surface area contributed by atoms with Crippen LogP contribution in [0, 0.1) is 5.92 Å². The van der Waals surface area contributed by atoms with Gasteiger partial charge in [0.15, 0.2) is 0 Å². The number of halogens is 1. The van der Waals surface area contributed by atoms with E-state index in [0.29, 0.717) is 18.3 Å². The molecule has 1 aliphatic rings. The maximum absolute atomic E-state index is 12.4. The zero-order valence-corrected chi connectivity index (χ0v) is 15.4. The van der Waals surface area contributed by atoms with Crippen LogP contribution >= 0.6 is 15.9 Å². The van der Waals surface area contributed by atoms with Crippen LogP contribution in [0.25, 0.3) is 0 Å². The van der Waals surface area contributed by atoms with Gasteiger partial charge in [-0.25, -0.2) is 4.98 Å². The highest BCUT2D eigenvalue weighted by Crippen LogP contribution is 2.48. The van der Waals surface area contributed by atoms with E-state index in [1.54, 1.807) is 6.20 Å². The number of benzene rings is 1. The van der Waals surface area contributed by atoms with E-state index < -0.39 is 0 Å². The van der Waals surface area contributed by atoms with Crippen molar-refractivity contribution < 1.29 is 9.53 Å². The summed E-state index contributed by atoms with van der Waals surface area (Å²) in [6, 6.07) is 12.0. The molecule has 0 aliphatic heterocycles. The van der Waals surface area contributed by atoms with E-state index in [-0.39, 0.29) is 17.9 Å². The average Bonchev–Trinajstić information content (AvgIpc) is 3.34. The molecule has 1 aromatic heterocycles. The van der Waals surface area contributed by atoms with Gasteiger partial charge in [0.2, 0.25) is 11.8 Å². The molecule has 1 fully saturated rings. The van der Waals surface area contributed by atoms with Crippen molar-refractivity contribution in [1.82, 2.24) is 10.3 Å². The van der Waals surface area contributed by atoms with Crippen molar-refractivity contribution in [1.29, 1.82) is 0 Å². The Morgan fingerprint density at radius 2 is 2.21 bits per heavy atom. The van der Waals surface area contributed by atoms with Crippen LogP contribution in [0.2, 0.25) is 0 Å². The third kappa shape index (κ3) is 4.15. The summed E-state index contributed by atoms with van der Waals surface area (Å²) in [4.78, 5) is 16.6. The summed E-state index contributed by atoms with van der Waals surface area (Å²) in [5.74, 6) is 1.07. The van der Waals surface area contributed by atoms with Crippen LogP contribution in [0.5, 0.6) is 5.88 Å². The lowest BCUT2D eigenvalue weighted by Gasteiger charge is -2.13. The number of carbonyl (C=O) groups is 1. The van der Waals surface area contributed by atoms with Crippen molar-refractivity contribution >= 4 is 21.8 Å². The van der Waals surface area contributed by atoms with Gasteiger partial charge in [-0.3, -0.25) is 4.79 Å². The monoisotopic (exact) mass is 388 g/mol. The molecule has 1 heterocycles. The number of amides is 1. The molecule has 126 valence electrons. The molecule has 1 amide bonds. The standard InChI is InChI=1S/C19H21BrN2O2/c1-12(2)24-19-14(6-4-8-21-19)11-22-18(23)17-10-16(17)13-5-3-7-15(20)9-13/h3-9,12,16-17H,10-11H2,1-2H3,(H,22,23). The third-order valence-corrected chi connectivity index (χ3v) is 4.55. The van der Waals surface area contributed by atoms with Crippen LogP contribution in [0.4, 0.5) is 0 Å². The van der Waals surface area contributed by atoms with Crippen molar-refractivity contribution in [2.24, 2.45) is 5.92 Å². The lowest BCUT2D eigenvalue weighted by atomic mass is 10.1. The fourth-order valence-corrected chi connectivity index (χ4v) is 3.21. The predicted octanol–water partition coefficient (Wildman–Crippen LogP) is 4.05. The highest BCUT2D eigenvalue weighted by Gasteiger charge is 2.43. The molecule has 4 nitrogen and oxygen atoms in total. The number of nitrogens with one attached hydrogen (secondary N) is 1. The molecule has 3 rings (SSSR count). The lowest BCUT2D eigenvalue weighted by Crippen LogP contribution is -2.25. The number of aromatic nitrogens is 1. The normalized spacial score (nSPS) is 19.2. The van der Waals surface area contributed by atoms with Crippen molar-refractivity contribution in [3.63, 3.8) is 0 Å². The molecule has 0 spiro atoms. The van der Waals surface area contributed by atoms with Crippen LogP contribution in [0.1, 0.15) is 37.3 Å². The maximum atomic E-state index is 12.4. The van der Waals surface area contributed by atoms with Gasteiger partial charge in [0, 0.05) is 28.7 Å². The molecular formula is C19H21BrN2O2. The van der Waals surface area contributed by atoms with Crippen LogP contribution in [-0.2, 0) is 11.3 Å². The first-order valence-corrected chi connectivity index (χ1v) is 8.97. The van der Waals surface area contributed by atoms with E-state index in [1.807, 2.05) is 38.1 Å². The topological polar surface area (TPSA) is 51.2 Å². The van der Waals surface area contributed by atoms with Crippen LogP contribution < -0.4 is 10.1 Å². The molecule has 1 aliphatic carbocycles. The minimum Gasteiger partial charge on any atom is -0.475 e. The number of nitrogens with zero attached hydrogens (tertiary/aromatic N) is 1. The third-order valence-electron chi connectivity index (χ3n) is 4.05. The van der Waals surface area contributed by atoms with E-state index in [4.69, 9.17) is 4.74 Å². The quantitative estimate of drug-likeness (QED) is 0.811. The number of ether oxygens (including phenoxy) is 1. The van der Waals surface area contributed by atoms with Gasteiger partial charge in [0.25, 0.3) is 0 Å². The highest BCUT2D eigenvalue weighted by molar-refractivity contribution is 9.10. The molecule has 2 atom stereocenters. The molecule has 2 unspecified atom stereocenters. The molecular weight excluding hydrogens is 368 g/mol. The summed E-state index contributed by atoms with van der Waals surface area (Å²) in [6.07, 6.45) is 2.66. The first-order valence-electron chi connectivity index (χ1n) is 8.18. The largest absolute Gasteiger partial charge is 0.475 e. The Balaban J connectivity index is 1.58. The number of rotatable bonds is 6. The van der Waals surface area contributed by atoms with Crippen molar-refractivity contribution in [2.75, 3.05) is 0 Å². The van der Waals surface area contributed by atoms with Gasteiger partial charge >= 0.3 is 0 Å². The molecule has 0 radical (unpaired) electrons. The summed E-state index contributed by atoms with van der Waals surface area (Å²) in [5, 5.41) is 3.02. The van der Waals surface area contributed by atoms with E-state index in [2.05, 4.69) is 38.4 Å². The second kappa shape index (κ2) is 7.34. The Kier molecular flexibility index (Phi) is 5.19. The van der Waals surface area contributed by atoms with Gasteiger partial charge < -0.3 is 10.1 Å². The predicted molar refractivity (Wildman–Crippen MR) is 96.8 cm³/mol. The van der Waals surface area contributed by atoms with Crippen molar-refractivity contribution in [2.45, 2.75) is 38.8 Å². The molecule has 0 bridgehead atoms. The van der Waals surface area contributed by atoms with Crippen LogP contribution in [0.15, 0.2) is 47.1 Å². The first kappa shape index (κ1) is 17.0. The second-order valence-electron chi connectivity index (χ2n) is 6.36. The Labute approximate surface area is 150 Å². The SMILES string of the molecule is CC(C)Oc1ncccc1CNC(=O)C1CC1c1cccc(Br)c1. The van der Waals surface area contributed by atoms with E-state index >= 15 is 0 Å². The molecule has 1 saturated carbocycles.